The van der Waals surface area contributed by atoms with E-state index in [1.807, 2.05) is 52.0 Å². The number of aromatic nitrogens is 4. The molecule has 0 aliphatic carbocycles. The minimum atomic E-state index is -6.09. The van der Waals surface area contributed by atoms with Crippen LogP contribution < -0.4 is 0 Å². The van der Waals surface area contributed by atoms with Crippen LogP contribution in [0.25, 0.3) is 43.6 Å². The molecule has 0 aliphatic heterocycles. The number of carbonyl (C=O) groups is 2. The molecule has 4 aromatic heterocycles. The third kappa shape index (κ3) is 19.0. The van der Waals surface area contributed by atoms with Crippen molar-refractivity contribution in [3.8, 4) is 0 Å². The Kier molecular flexibility index (Phi) is 22.5. The molecule has 2 N–H and O–H groups in total. The molecular formula is C34H32F6N4O10Pd2S2-2. The number of carboxylic acid groups (broad SMARTS) is 2. The first-order valence-corrected chi connectivity index (χ1v) is 18.0. The second kappa shape index (κ2) is 23.4. The molecule has 0 spiro atoms. The molecule has 0 saturated heterocycles. The van der Waals surface area contributed by atoms with Crippen molar-refractivity contribution in [2.24, 2.45) is 0 Å². The molecule has 0 bridgehead atoms. The van der Waals surface area contributed by atoms with Gasteiger partial charge in [0.25, 0.3) is 11.9 Å². The molecule has 4 heterocycles. The Labute approximate surface area is 354 Å². The van der Waals surface area contributed by atoms with E-state index in [1.54, 1.807) is 0 Å². The van der Waals surface area contributed by atoms with Gasteiger partial charge in [-0.25, -0.2) is 16.8 Å². The van der Waals surface area contributed by atoms with Crippen molar-refractivity contribution in [2.75, 3.05) is 0 Å². The molecule has 6 rings (SSSR count). The van der Waals surface area contributed by atoms with Gasteiger partial charge in [-0.1, -0.05) is 48.5 Å². The van der Waals surface area contributed by atoms with Gasteiger partial charge >= 0.3 is 11.0 Å². The first-order chi connectivity index (χ1) is 25.4. The molecule has 14 nitrogen and oxygen atoms in total. The average molecular weight is 1050 g/mol. The summed E-state index contributed by atoms with van der Waals surface area (Å²) in [5.74, 6) is -1.67. The van der Waals surface area contributed by atoms with Gasteiger partial charge in [-0.05, 0) is 52.0 Å². The van der Waals surface area contributed by atoms with Gasteiger partial charge in [0.05, 0.1) is 22.1 Å². The van der Waals surface area contributed by atoms with Crippen molar-refractivity contribution in [3.05, 3.63) is 95.6 Å². The van der Waals surface area contributed by atoms with E-state index in [1.165, 1.54) is 0 Å². The number of halogens is 6. The summed E-state index contributed by atoms with van der Waals surface area (Å²) in [5, 5.41) is 19.4. The first-order valence-electron chi connectivity index (χ1n) is 15.2. The summed E-state index contributed by atoms with van der Waals surface area (Å²) < 4.78 is 118. The third-order valence-electron chi connectivity index (χ3n) is 6.16. The Morgan fingerprint density at radius 2 is 0.586 bits per heavy atom. The third-order valence-corrected chi connectivity index (χ3v) is 7.30. The zero-order chi connectivity index (χ0) is 43.4. The quantitative estimate of drug-likeness (QED) is 0.0508. The van der Waals surface area contributed by atoms with Gasteiger partial charge in [0, 0.05) is 99.0 Å². The van der Waals surface area contributed by atoms with Crippen molar-refractivity contribution < 1.29 is 113 Å². The molecule has 0 unspecified atom stereocenters. The largest absolute Gasteiger partial charge is 0.741 e. The van der Waals surface area contributed by atoms with Crippen LogP contribution in [0.3, 0.4) is 0 Å². The van der Waals surface area contributed by atoms with Crippen molar-refractivity contribution in [2.45, 2.75) is 52.6 Å². The van der Waals surface area contributed by atoms with Crippen LogP contribution in [0.15, 0.2) is 72.8 Å². The van der Waals surface area contributed by atoms with Gasteiger partial charge in [0.2, 0.25) is 0 Å². The number of pyridine rings is 4. The zero-order valence-electron chi connectivity index (χ0n) is 30.6. The number of nitrogens with zero attached hydrogens (tertiary/aromatic N) is 4. The minimum absolute atomic E-state index is 0. The van der Waals surface area contributed by atoms with E-state index >= 15 is 0 Å². The standard InChI is InChI=1S/2C14H12N2.2C2H4O2.2CHF3O3S.2Pd/c2*1-9-3-5-11-7-8-12-6-4-10(2)16-14(12)13(11)15-9;2*1-2(3)4;2*2-1(3,4)8(5,6)7;;/h2*3-8H,1-2H3;2*1H3,(H,3,4);2*(H,5,6,7);;/p-2. The summed E-state index contributed by atoms with van der Waals surface area (Å²) >= 11 is 0. The summed E-state index contributed by atoms with van der Waals surface area (Å²) in [4.78, 5) is 36.3. The van der Waals surface area contributed by atoms with Crippen molar-refractivity contribution in [3.63, 3.8) is 0 Å². The number of aliphatic carboxylic acids is 2. The Morgan fingerprint density at radius 3 is 0.707 bits per heavy atom. The number of carboxylic acids is 2. The molecule has 0 aliphatic rings. The topological polar surface area (TPSA) is 241 Å². The molecule has 0 fully saturated rings. The van der Waals surface area contributed by atoms with Gasteiger partial charge in [-0.2, -0.15) is 26.3 Å². The van der Waals surface area contributed by atoms with Crippen LogP contribution in [0.5, 0.6) is 0 Å². The molecular weight excluding hydrogens is 1020 g/mol. The Bertz CT molecular complexity index is 2260. The van der Waals surface area contributed by atoms with Crippen molar-refractivity contribution in [1.29, 1.82) is 0 Å². The normalized spacial score (nSPS) is 10.9. The van der Waals surface area contributed by atoms with Gasteiger partial charge in [0.15, 0.2) is 20.2 Å². The number of hydrogen-bond donors (Lipinski definition) is 2. The molecule has 0 radical (unpaired) electrons. The Balaban J connectivity index is 0. The number of aryl methyl sites for hydroxylation is 4. The van der Waals surface area contributed by atoms with Crippen LogP contribution in [-0.4, -0.2) is 79.0 Å². The number of alkyl halides is 6. The zero-order valence-corrected chi connectivity index (χ0v) is 35.3. The summed E-state index contributed by atoms with van der Waals surface area (Å²) in [7, 11) is -12.2. The molecule has 0 atom stereocenters. The molecule has 324 valence electrons. The fraction of sp³-hybridized carbons (Fsp3) is 0.235. The van der Waals surface area contributed by atoms with Crippen LogP contribution >= 0.6 is 0 Å². The summed E-state index contributed by atoms with van der Waals surface area (Å²) in [6.07, 6.45) is 0. The van der Waals surface area contributed by atoms with Gasteiger partial charge < -0.3 is 19.3 Å². The van der Waals surface area contributed by atoms with E-state index in [9.17, 15) is 26.3 Å². The molecule has 0 amide bonds. The maximum absolute atomic E-state index is 10.7. The summed E-state index contributed by atoms with van der Waals surface area (Å²) in [5.41, 5.74) is -3.16. The van der Waals surface area contributed by atoms with E-state index in [0.29, 0.717) is 0 Å². The van der Waals surface area contributed by atoms with Crippen LogP contribution in [0, 0.1) is 27.7 Å². The van der Waals surface area contributed by atoms with Crippen LogP contribution in [0.1, 0.15) is 36.6 Å². The predicted octanol–water partition coefficient (Wildman–Crippen LogP) is 7.08. The predicted molar refractivity (Wildman–Crippen MR) is 191 cm³/mol. The van der Waals surface area contributed by atoms with E-state index in [2.05, 4.69) is 68.5 Å². The van der Waals surface area contributed by atoms with E-state index in [-0.39, 0.29) is 40.8 Å². The SMILES string of the molecule is CC(=O)O.CC(=O)O.Cc1ccc2ccc3ccc(C)nc3c2n1.Cc1ccc2ccc3ccc(C)nc3c2n1.O=S(=O)([O-])C(F)(F)F.O=S(=O)([O-])C(F)(F)F.[Pd].[Pd]. The molecule has 58 heavy (non-hydrogen) atoms. The molecule has 24 heteroatoms. The maximum atomic E-state index is 10.7. The van der Waals surface area contributed by atoms with Crippen LogP contribution in [0.4, 0.5) is 26.3 Å². The molecule has 0 saturated carbocycles. The second-order valence-electron chi connectivity index (χ2n) is 11.1. The second-order valence-corrected chi connectivity index (χ2v) is 13.8. The molecule has 6 aromatic rings. The smallest absolute Gasteiger partial charge is 0.485 e. The van der Waals surface area contributed by atoms with Crippen molar-refractivity contribution >= 4 is 75.8 Å². The van der Waals surface area contributed by atoms with E-state index in [0.717, 1.165) is 80.2 Å². The minimum Gasteiger partial charge on any atom is -0.741 e. The number of fused-ring (bicyclic) bond motifs is 6. The van der Waals surface area contributed by atoms with Crippen LogP contribution in [0.2, 0.25) is 0 Å². The Morgan fingerprint density at radius 1 is 0.466 bits per heavy atom. The fourth-order valence-corrected chi connectivity index (χ4v) is 3.93. The van der Waals surface area contributed by atoms with Gasteiger partial charge in [-0.3, -0.25) is 29.5 Å². The fourth-order valence-electron chi connectivity index (χ4n) is 3.93. The average Bonchev–Trinajstić information content (AvgIpc) is 3.03. The van der Waals surface area contributed by atoms with Crippen LogP contribution in [-0.2, 0) is 70.7 Å². The summed E-state index contributed by atoms with van der Waals surface area (Å²) in [6.45, 7) is 10.2. The number of hydrogen-bond acceptors (Lipinski definition) is 12. The first kappa shape index (κ1) is 55.8. The van der Waals surface area contributed by atoms with E-state index in [4.69, 9.17) is 45.7 Å². The van der Waals surface area contributed by atoms with Gasteiger partial charge in [-0.15, -0.1) is 0 Å². The van der Waals surface area contributed by atoms with E-state index < -0.39 is 43.2 Å². The summed E-state index contributed by atoms with van der Waals surface area (Å²) in [6, 6.07) is 24.9. The van der Waals surface area contributed by atoms with Gasteiger partial charge in [0.1, 0.15) is 0 Å². The number of benzene rings is 2. The molecule has 2 aromatic carbocycles. The Hall–Kier alpha value is -4.26. The maximum Gasteiger partial charge on any atom is 0.485 e. The monoisotopic (exact) mass is 1050 g/mol. The number of rotatable bonds is 0. The van der Waals surface area contributed by atoms with Crippen molar-refractivity contribution in [1.82, 2.24) is 19.9 Å².